The van der Waals surface area contributed by atoms with Crippen LogP contribution in [-0.2, 0) is 35.2 Å². The summed E-state index contributed by atoms with van der Waals surface area (Å²) in [5, 5.41) is 26.3. The lowest BCUT2D eigenvalue weighted by atomic mass is 10.1. The molecule has 1 aromatic carbocycles. The zero-order valence-electron chi connectivity index (χ0n) is 17.0. The van der Waals surface area contributed by atoms with Crippen molar-refractivity contribution in [3.63, 3.8) is 0 Å². The maximum atomic E-state index is 12.3. The Morgan fingerprint density at radius 3 is 1.97 bits per heavy atom. The third kappa shape index (κ3) is 10.7. The number of carbonyl (C=O) groups is 6. The molecule has 1 aromatic rings. The smallest absolute Gasteiger partial charge is 0.322 e. The molecule has 0 bridgehead atoms. The summed E-state index contributed by atoms with van der Waals surface area (Å²) in [6.45, 7) is -1.68. The fraction of sp³-hybridized carbons (Fsp3) is 0.368. The van der Waals surface area contributed by atoms with Crippen molar-refractivity contribution < 1.29 is 39.0 Å². The van der Waals surface area contributed by atoms with Gasteiger partial charge in [-0.05, 0) is 5.56 Å². The van der Waals surface area contributed by atoms with E-state index >= 15 is 0 Å². The van der Waals surface area contributed by atoms with Gasteiger partial charge in [0.05, 0.1) is 25.6 Å². The van der Waals surface area contributed by atoms with Gasteiger partial charge < -0.3 is 37.2 Å². The van der Waals surface area contributed by atoms with Gasteiger partial charge in [-0.1, -0.05) is 30.3 Å². The van der Waals surface area contributed by atoms with Gasteiger partial charge in [0.2, 0.25) is 23.6 Å². The molecule has 0 unspecified atom stereocenters. The van der Waals surface area contributed by atoms with Crippen LogP contribution in [0, 0.1) is 0 Å². The zero-order chi connectivity index (χ0) is 24.1. The fourth-order valence-corrected chi connectivity index (χ4v) is 2.41. The Labute approximate surface area is 182 Å². The van der Waals surface area contributed by atoms with Crippen LogP contribution in [0.25, 0.3) is 0 Å². The van der Waals surface area contributed by atoms with Gasteiger partial charge in [0, 0.05) is 6.42 Å². The van der Waals surface area contributed by atoms with Crippen LogP contribution < -0.4 is 27.0 Å². The molecule has 0 aliphatic carbocycles. The zero-order valence-corrected chi connectivity index (χ0v) is 17.0. The molecule has 0 fully saturated rings. The number of amides is 4. The van der Waals surface area contributed by atoms with E-state index in [1.807, 2.05) is 0 Å². The second-order valence-corrected chi connectivity index (χ2v) is 6.62. The average Bonchev–Trinajstić information content (AvgIpc) is 2.74. The molecule has 13 nitrogen and oxygen atoms in total. The molecular weight excluding hydrogens is 426 g/mol. The van der Waals surface area contributed by atoms with Crippen LogP contribution in [0.1, 0.15) is 12.0 Å². The number of carboxylic acid groups (broad SMARTS) is 2. The predicted molar refractivity (Wildman–Crippen MR) is 109 cm³/mol. The highest BCUT2D eigenvalue weighted by Gasteiger charge is 2.22. The second kappa shape index (κ2) is 13.3. The van der Waals surface area contributed by atoms with Gasteiger partial charge >= 0.3 is 11.9 Å². The van der Waals surface area contributed by atoms with Gasteiger partial charge in [-0.25, -0.2) is 0 Å². The van der Waals surface area contributed by atoms with Crippen molar-refractivity contribution in [2.24, 2.45) is 5.73 Å². The number of carbonyl (C=O) groups excluding carboxylic acids is 4. The van der Waals surface area contributed by atoms with E-state index in [0.717, 1.165) is 0 Å². The summed E-state index contributed by atoms with van der Waals surface area (Å²) in [5.74, 6) is -5.54. The number of benzene rings is 1. The van der Waals surface area contributed by atoms with Crippen molar-refractivity contribution in [2.45, 2.75) is 24.9 Å². The van der Waals surface area contributed by atoms with Crippen molar-refractivity contribution in [1.29, 1.82) is 0 Å². The third-order valence-corrected chi connectivity index (χ3v) is 3.95. The Hall–Kier alpha value is -4.00. The number of aliphatic carboxylic acids is 2. The summed E-state index contributed by atoms with van der Waals surface area (Å²) in [6.07, 6.45) is -0.522. The topological polar surface area (TPSA) is 217 Å². The van der Waals surface area contributed by atoms with Crippen molar-refractivity contribution in [2.75, 3.05) is 19.6 Å². The molecule has 2 atom stereocenters. The van der Waals surface area contributed by atoms with Gasteiger partial charge in [-0.15, -0.1) is 0 Å². The number of nitrogens with two attached hydrogens (primary N) is 1. The fourth-order valence-electron chi connectivity index (χ4n) is 2.41. The highest BCUT2D eigenvalue weighted by Crippen LogP contribution is 2.03. The summed E-state index contributed by atoms with van der Waals surface area (Å²) < 4.78 is 0. The number of carboxylic acids is 2. The Kier molecular flexibility index (Phi) is 10.8. The minimum atomic E-state index is -1.33. The van der Waals surface area contributed by atoms with Crippen molar-refractivity contribution in [3.8, 4) is 0 Å². The summed E-state index contributed by atoms with van der Waals surface area (Å²) in [4.78, 5) is 69.0. The van der Waals surface area contributed by atoms with Crippen molar-refractivity contribution in [1.82, 2.24) is 21.3 Å². The average molecular weight is 451 g/mol. The molecule has 8 N–H and O–H groups in total. The maximum absolute atomic E-state index is 12.3. The molecule has 0 aliphatic rings. The first-order valence-electron chi connectivity index (χ1n) is 9.43. The maximum Gasteiger partial charge on any atom is 0.322 e. The van der Waals surface area contributed by atoms with Crippen molar-refractivity contribution in [3.05, 3.63) is 35.9 Å². The van der Waals surface area contributed by atoms with Gasteiger partial charge in [-0.2, -0.15) is 0 Å². The first kappa shape index (κ1) is 26.0. The summed E-state index contributed by atoms with van der Waals surface area (Å²) >= 11 is 0. The Morgan fingerprint density at radius 1 is 0.781 bits per heavy atom. The molecule has 174 valence electrons. The molecule has 0 saturated carbocycles. The van der Waals surface area contributed by atoms with E-state index in [1.165, 1.54) is 0 Å². The first-order chi connectivity index (χ1) is 15.1. The van der Waals surface area contributed by atoms with Gasteiger partial charge in [-0.3, -0.25) is 28.8 Å². The van der Waals surface area contributed by atoms with E-state index in [1.54, 1.807) is 30.3 Å². The lowest BCUT2D eigenvalue weighted by Gasteiger charge is -2.18. The molecule has 13 heteroatoms. The largest absolute Gasteiger partial charge is 0.481 e. The predicted octanol–water partition coefficient (Wildman–Crippen LogP) is -3.05. The van der Waals surface area contributed by atoms with Gasteiger partial charge in [0.25, 0.3) is 0 Å². The molecule has 0 aliphatic heterocycles. The highest BCUT2D eigenvalue weighted by molar-refractivity contribution is 5.93. The van der Waals surface area contributed by atoms with Crippen LogP contribution in [0.5, 0.6) is 0 Å². The Bertz CT molecular complexity index is 845. The van der Waals surface area contributed by atoms with E-state index < -0.39 is 73.7 Å². The van der Waals surface area contributed by atoms with Crippen molar-refractivity contribution >= 4 is 35.6 Å². The quantitative estimate of drug-likeness (QED) is 0.162. The molecule has 1 rings (SSSR count). The second-order valence-electron chi connectivity index (χ2n) is 6.62. The summed E-state index contributed by atoms with van der Waals surface area (Å²) in [7, 11) is 0. The number of hydrogen-bond donors (Lipinski definition) is 7. The normalized spacial score (nSPS) is 12.0. The lowest BCUT2D eigenvalue weighted by Crippen LogP contribution is -2.52. The SMILES string of the molecule is N[C@@H](CC(=O)O)C(=O)NCC(=O)NCC(=O)N[C@@H](Cc1ccccc1)C(=O)NCC(=O)O. The number of rotatable bonds is 13. The van der Waals surface area contributed by atoms with Crippen LogP contribution in [0.3, 0.4) is 0 Å². The third-order valence-electron chi connectivity index (χ3n) is 3.95. The summed E-state index contributed by atoms with van der Waals surface area (Å²) in [6, 6.07) is 6.28. The molecule has 32 heavy (non-hydrogen) atoms. The Morgan fingerprint density at radius 2 is 1.38 bits per heavy atom. The molecule has 0 aromatic heterocycles. The van der Waals surface area contributed by atoms with Crippen LogP contribution in [0.15, 0.2) is 30.3 Å². The minimum Gasteiger partial charge on any atom is -0.481 e. The molecule has 4 amide bonds. The Balaban J connectivity index is 2.55. The van der Waals surface area contributed by atoms with E-state index in [2.05, 4.69) is 21.3 Å². The van der Waals surface area contributed by atoms with Crippen LogP contribution in [0.2, 0.25) is 0 Å². The van der Waals surface area contributed by atoms with Crippen LogP contribution in [0.4, 0.5) is 0 Å². The van der Waals surface area contributed by atoms with Crippen LogP contribution >= 0.6 is 0 Å². The molecule has 0 radical (unpaired) electrons. The highest BCUT2D eigenvalue weighted by atomic mass is 16.4. The molecule has 0 heterocycles. The standard InChI is InChI=1S/C19H25N5O8/c20-12(7-16(27)28)18(31)22-8-14(25)21-9-15(26)24-13(19(32)23-10-17(29)30)6-11-4-2-1-3-5-11/h1-5,12-13H,6-10,20H2,(H,21,25)(H,22,31)(H,23,32)(H,24,26)(H,27,28)(H,29,30)/t12-,13-/m0/s1. The molecule has 0 spiro atoms. The van der Waals surface area contributed by atoms with Gasteiger partial charge in [0.1, 0.15) is 12.6 Å². The monoisotopic (exact) mass is 451 g/mol. The van der Waals surface area contributed by atoms with E-state index in [-0.39, 0.29) is 6.42 Å². The minimum absolute atomic E-state index is 0.0868. The lowest BCUT2D eigenvalue weighted by molar-refractivity contribution is -0.139. The van der Waals surface area contributed by atoms with Gasteiger partial charge in [0.15, 0.2) is 0 Å². The molecular formula is C19H25N5O8. The van der Waals surface area contributed by atoms with E-state index in [9.17, 15) is 28.8 Å². The van der Waals surface area contributed by atoms with Crippen LogP contribution in [-0.4, -0.2) is 77.5 Å². The number of nitrogens with one attached hydrogen (secondary N) is 4. The van der Waals surface area contributed by atoms with E-state index in [4.69, 9.17) is 15.9 Å². The first-order valence-corrected chi connectivity index (χ1v) is 9.43. The van der Waals surface area contributed by atoms with E-state index in [0.29, 0.717) is 5.56 Å². The number of hydrogen-bond acceptors (Lipinski definition) is 7. The summed E-state index contributed by atoms with van der Waals surface area (Å²) in [5.41, 5.74) is 6.07. The molecule has 0 saturated heterocycles.